The second kappa shape index (κ2) is 5.24. The van der Waals surface area contributed by atoms with Crippen LogP contribution >= 0.6 is 15.9 Å². The molecule has 0 bridgehead atoms. The van der Waals surface area contributed by atoms with Gasteiger partial charge in [0.15, 0.2) is 11.5 Å². The average Bonchev–Trinajstić information content (AvgIpc) is 2.86. The summed E-state index contributed by atoms with van der Waals surface area (Å²) in [5, 5.41) is 3.20. The minimum Gasteiger partial charge on any atom is -0.487 e. The Morgan fingerprint density at radius 3 is 2.38 bits per heavy atom. The summed E-state index contributed by atoms with van der Waals surface area (Å²) in [6.07, 6.45) is -0.250. The van der Waals surface area contributed by atoms with Crippen molar-refractivity contribution < 1.29 is 14.2 Å². The van der Waals surface area contributed by atoms with Crippen molar-refractivity contribution in [2.24, 2.45) is 0 Å². The van der Waals surface area contributed by atoms with Crippen LogP contribution in [0.15, 0.2) is 46.9 Å². The van der Waals surface area contributed by atoms with Gasteiger partial charge < -0.3 is 19.5 Å². The van der Waals surface area contributed by atoms with Crippen LogP contribution in [0.1, 0.15) is 11.9 Å². The summed E-state index contributed by atoms with van der Waals surface area (Å²) in [6, 6.07) is 13.6. The number of halogens is 1. The maximum Gasteiger partial charge on any atom is 0.271 e. The van der Waals surface area contributed by atoms with E-state index in [2.05, 4.69) is 21.2 Å². The lowest BCUT2D eigenvalue weighted by Gasteiger charge is -2.29. The molecular weight excluding hydrogens is 334 g/mol. The molecule has 2 aliphatic heterocycles. The molecule has 4 nitrogen and oxygen atoms in total. The van der Waals surface area contributed by atoms with Crippen LogP contribution in [0.4, 0.5) is 0 Å². The van der Waals surface area contributed by atoms with E-state index in [0.29, 0.717) is 0 Å². The third-order valence-corrected chi connectivity index (χ3v) is 4.08. The topological polar surface area (TPSA) is 39.7 Å². The van der Waals surface area contributed by atoms with Crippen LogP contribution in [0.25, 0.3) is 0 Å². The number of nitrogens with one attached hydrogen (secondary N) is 1. The normalized spacial score (nSPS) is 17.6. The lowest BCUT2D eigenvalue weighted by Crippen LogP contribution is -2.50. The summed E-state index contributed by atoms with van der Waals surface area (Å²) < 4.78 is 18.7. The lowest BCUT2D eigenvalue weighted by atomic mass is 10.1. The summed E-state index contributed by atoms with van der Waals surface area (Å²) >= 11 is 3.49. The molecule has 108 valence electrons. The van der Waals surface area contributed by atoms with Gasteiger partial charge in [0.25, 0.3) is 6.29 Å². The fourth-order valence-electron chi connectivity index (χ4n) is 2.36. The standard InChI is InChI=1S/C16H14BrNO3/c17-10-5-6-12(15(7-10)19-11-8-18-9-11)16-20-13-3-1-2-4-14(13)21-16/h1-7,11,16,18H,8-9H2. The molecule has 2 aromatic rings. The zero-order valence-corrected chi connectivity index (χ0v) is 12.8. The maximum atomic E-state index is 6.02. The third kappa shape index (κ3) is 2.47. The first-order valence-corrected chi connectivity index (χ1v) is 7.68. The number of ether oxygens (including phenoxy) is 3. The zero-order valence-electron chi connectivity index (χ0n) is 11.2. The second-order valence-corrected chi connectivity index (χ2v) is 6.01. The maximum absolute atomic E-state index is 6.02. The highest BCUT2D eigenvalue weighted by Crippen LogP contribution is 2.42. The molecule has 1 fully saturated rings. The van der Waals surface area contributed by atoms with Gasteiger partial charge in [0.1, 0.15) is 11.9 Å². The van der Waals surface area contributed by atoms with Crippen LogP contribution in [0, 0.1) is 0 Å². The molecule has 1 saturated heterocycles. The van der Waals surface area contributed by atoms with Crippen LogP contribution in [-0.2, 0) is 0 Å². The molecule has 2 aliphatic rings. The van der Waals surface area contributed by atoms with E-state index in [1.807, 2.05) is 42.5 Å². The van der Waals surface area contributed by atoms with E-state index in [0.717, 1.165) is 40.4 Å². The van der Waals surface area contributed by atoms with Gasteiger partial charge in [0.05, 0.1) is 5.56 Å². The molecule has 0 atom stereocenters. The first kappa shape index (κ1) is 13.0. The monoisotopic (exact) mass is 347 g/mol. The summed E-state index contributed by atoms with van der Waals surface area (Å²) in [7, 11) is 0. The SMILES string of the molecule is Brc1ccc(C2Oc3ccccc3O2)c(OC2CNC2)c1. The summed E-state index contributed by atoms with van der Waals surface area (Å²) in [6.45, 7) is 1.75. The number of rotatable bonds is 3. The van der Waals surface area contributed by atoms with Gasteiger partial charge in [0, 0.05) is 17.6 Å². The summed E-state index contributed by atoms with van der Waals surface area (Å²) in [5.41, 5.74) is 0.904. The molecule has 2 heterocycles. The molecule has 0 unspecified atom stereocenters. The minimum absolute atomic E-state index is 0.210. The van der Waals surface area contributed by atoms with Crippen LogP contribution < -0.4 is 19.5 Å². The average molecular weight is 348 g/mol. The Balaban J connectivity index is 1.63. The molecule has 0 radical (unpaired) electrons. The number of benzene rings is 2. The lowest BCUT2D eigenvalue weighted by molar-refractivity contribution is 0.0424. The van der Waals surface area contributed by atoms with Gasteiger partial charge in [-0.15, -0.1) is 0 Å². The molecule has 2 aromatic carbocycles. The molecule has 1 N–H and O–H groups in total. The Labute approximate surface area is 131 Å². The van der Waals surface area contributed by atoms with Gasteiger partial charge in [-0.05, 0) is 30.3 Å². The fraction of sp³-hybridized carbons (Fsp3) is 0.250. The van der Waals surface area contributed by atoms with E-state index >= 15 is 0 Å². The largest absolute Gasteiger partial charge is 0.487 e. The Morgan fingerprint density at radius 2 is 1.76 bits per heavy atom. The minimum atomic E-state index is -0.460. The Kier molecular flexibility index (Phi) is 3.24. The van der Waals surface area contributed by atoms with Crippen molar-refractivity contribution in [1.29, 1.82) is 0 Å². The molecule has 5 heteroatoms. The quantitative estimate of drug-likeness (QED) is 0.924. The number of para-hydroxylation sites is 2. The van der Waals surface area contributed by atoms with Crippen LogP contribution in [0.3, 0.4) is 0 Å². The van der Waals surface area contributed by atoms with Crippen molar-refractivity contribution in [1.82, 2.24) is 5.32 Å². The van der Waals surface area contributed by atoms with Gasteiger partial charge >= 0.3 is 0 Å². The van der Waals surface area contributed by atoms with E-state index in [1.165, 1.54) is 0 Å². The number of hydrogen-bond acceptors (Lipinski definition) is 4. The molecule has 0 spiro atoms. The number of fused-ring (bicyclic) bond motifs is 1. The van der Waals surface area contributed by atoms with E-state index in [4.69, 9.17) is 14.2 Å². The van der Waals surface area contributed by atoms with Crippen molar-refractivity contribution in [3.63, 3.8) is 0 Å². The van der Waals surface area contributed by atoms with Crippen molar-refractivity contribution in [2.45, 2.75) is 12.4 Å². The van der Waals surface area contributed by atoms with Crippen LogP contribution in [0.5, 0.6) is 17.2 Å². The molecule has 0 amide bonds. The molecule has 21 heavy (non-hydrogen) atoms. The highest BCUT2D eigenvalue weighted by molar-refractivity contribution is 9.10. The Morgan fingerprint density at radius 1 is 1.05 bits per heavy atom. The van der Waals surface area contributed by atoms with Gasteiger partial charge in [0.2, 0.25) is 0 Å². The van der Waals surface area contributed by atoms with E-state index in [-0.39, 0.29) is 6.10 Å². The van der Waals surface area contributed by atoms with Crippen molar-refractivity contribution >= 4 is 15.9 Å². The summed E-state index contributed by atoms with van der Waals surface area (Å²) in [5.74, 6) is 2.33. The molecule has 0 aromatic heterocycles. The van der Waals surface area contributed by atoms with Gasteiger partial charge in [-0.25, -0.2) is 0 Å². The highest BCUT2D eigenvalue weighted by atomic mass is 79.9. The van der Waals surface area contributed by atoms with E-state index in [1.54, 1.807) is 0 Å². The van der Waals surface area contributed by atoms with Gasteiger partial charge in [-0.2, -0.15) is 0 Å². The molecular formula is C16H14BrNO3. The number of hydrogen-bond donors (Lipinski definition) is 1. The van der Waals surface area contributed by atoms with Crippen molar-refractivity contribution in [3.8, 4) is 17.2 Å². The third-order valence-electron chi connectivity index (χ3n) is 3.58. The Bertz CT molecular complexity index is 647. The van der Waals surface area contributed by atoms with Crippen molar-refractivity contribution in [2.75, 3.05) is 13.1 Å². The first-order chi connectivity index (χ1) is 10.3. The Hall–Kier alpha value is -1.72. The van der Waals surface area contributed by atoms with Crippen molar-refractivity contribution in [3.05, 3.63) is 52.5 Å². The van der Waals surface area contributed by atoms with E-state index in [9.17, 15) is 0 Å². The predicted molar refractivity (Wildman–Crippen MR) is 81.9 cm³/mol. The fourth-order valence-corrected chi connectivity index (χ4v) is 2.70. The van der Waals surface area contributed by atoms with Gasteiger partial charge in [-0.3, -0.25) is 0 Å². The highest BCUT2D eigenvalue weighted by Gasteiger charge is 2.29. The van der Waals surface area contributed by atoms with E-state index < -0.39 is 6.29 Å². The van der Waals surface area contributed by atoms with Crippen LogP contribution in [-0.4, -0.2) is 19.2 Å². The molecule has 0 aliphatic carbocycles. The molecule has 0 saturated carbocycles. The predicted octanol–water partition coefficient (Wildman–Crippen LogP) is 3.27. The smallest absolute Gasteiger partial charge is 0.271 e. The first-order valence-electron chi connectivity index (χ1n) is 6.89. The van der Waals surface area contributed by atoms with Gasteiger partial charge in [-0.1, -0.05) is 28.1 Å². The van der Waals surface area contributed by atoms with Crippen LogP contribution in [0.2, 0.25) is 0 Å². The summed E-state index contributed by atoms with van der Waals surface area (Å²) in [4.78, 5) is 0. The zero-order chi connectivity index (χ0) is 14.2. The second-order valence-electron chi connectivity index (χ2n) is 5.09. The molecule has 4 rings (SSSR count).